The molecule has 172 valence electrons. The molecular formula is C21H16F5N5OS. The molecule has 0 spiro atoms. The van der Waals surface area contributed by atoms with Crippen LogP contribution >= 0.6 is 11.3 Å². The van der Waals surface area contributed by atoms with E-state index in [-0.39, 0.29) is 30.9 Å². The summed E-state index contributed by atoms with van der Waals surface area (Å²) in [5, 5.41) is 6.98. The second-order valence-electron chi connectivity index (χ2n) is 7.17. The zero-order valence-electron chi connectivity index (χ0n) is 16.8. The minimum absolute atomic E-state index is 0.118. The van der Waals surface area contributed by atoms with Crippen LogP contribution in [0.15, 0.2) is 59.0 Å². The molecule has 4 rings (SSSR count). The Morgan fingerprint density at radius 3 is 2.52 bits per heavy atom. The van der Waals surface area contributed by atoms with Gasteiger partial charge in [-0.25, -0.2) is 9.89 Å². The summed E-state index contributed by atoms with van der Waals surface area (Å²) >= 11 is 1.37. The molecule has 1 aromatic carbocycles. The fraction of sp³-hybridized carbons (Fsp3) is 0.190. The van der Waals surface area contributed by atoms with Gasteiger partial charge in [0.05, 0.1) is 6.54 Å². The maximum absolute atomic E-state index is 13.0. The molecule has 0 radical (unpaired) electrons. The molecular weight excluding hydrogens is 465 g/mol. The number of alkyl halides is 3. The van der Waals surface area contributed by atoms with Crippen molar-refractivity contribution in [2.45, 2.75) is 19.1 Å². The zero-order valence-corrected chi connectivity index (χ0v) is 17.6. The van der Waals surface area contributed by atoms with Gasteiger partial charge >= 0.3 is 11.9 Å². The van der Waals surface area contributed by atoms with Crippen LogP contribution in [0.5, 0.6) is 0 Å². The number of aromatic amines is 1. The molecule has 0 saturated heterocycles. The van der Waals surface area contributed by atoms with Gasteiger partial charge in [-0.2, -0.15) is 27.1 Å². The van der Waals surface area contributed by atoms with Crippen LogP contribution in [0.1, 0.15) is 16.4 Å². The molecule has 3 N–H and O–H groups in total. The Labute approximate surface area is 187 Å². The lowest BCUT2D eigenvalue weighted by Gasteiger charge is -2.06. The van der Waals surface area contributed by atoms with Gasteiger partial charge < -0.3 is 5.73 Å². The van der Waals surface area contributed by atoms with E-state index in [1.165, 1.54) is 28.2 Å². The van der Waals surface area contributed by atoms with E-state index < -0.39 is 23.6 Å². The van der Waals surface area contributed by atoms with E-state index >= 15 is 0 Å². The number of thiophene rings is 1. The predicted octanol–water partition coefficient (Wildman–Crippen LogP) is 4.57. The average molecular weight is 481 g/mol. The minimum Gasteiger partial charge on any atom is -0.327 e. The van der Waals surface area contributed by atoms with Crippen LogP contribution in [0.25, 0.3) is 21.2 Å². The lowest BCUT2D eigenvalue weighted by molar-refractivity contribution is -0.141. The second kappa shape index (κ2) is 8.87. The summed E-state index contributed by atoms with van der Waals surface area (Å²) in [5.41, 5.74) is 4.77. The average Bonchev–Trinajstić information content (AvgIpc) is 3.34. The van der Waals surface area contributed by atoms with E-state index in [1.807, 2.05) is 18.2 Å². The van der Waals surface area contributed by atoms with Gasteiger partial charge in [-0.15, -0.1) is 11.3 Å². The normalized spacial score (nSPS) is 11.8. The third kappa shape index (κ3) is 4.86. The van der Waals surface area contributed by atoms with E-state index in [4.69, 9.17) is 5.73 Å². The van der Waals surface area contributed by atoms with Crippen LogP contribution in [0.3, 0.4) is 0 Å². The van der Waals surface area contributed by atoms with Crippen LogP contribution in [-0.2, 0) is 19.1 Å². The highest BCUT2D eigenvalue weighted by Gasteiger charge is 2.32. The van der Waals surface area contributed by atoms with Crippen molar-refractivity contribution < 1.29 is 22.0 Å². The number of nitrogens with one attached hydrogen (secondary N) is 1. The monoisotopic (exact) mass is 481 g/mol. The van der Waals surface area contributed by atoms with Crippen LogP contribution in [-0.4, -0.2) is 26.3 Å². The van der Waals surface area contributed by atoms with E-state index in [0.29, 0.717) is 11.1 Å². The Morgan fingerprint density at radius 1 is 1.12 bits per heavy atom. The number of pyridine rings is 1. The quantitative estimate of drug-likeness (QED) is 0.395. The number of rotatable bonds is 6. The highest BCUT2D eigenvalue weighted by Crippen LogP contribution is 2.32. The topological polar surface area (TPSA) is 89.6 Å². The van der Waals surface area contributed by atoms with Crippen molar-refractivity contribution in [3.63, 3.8) is 0 Å². The molecule has 33 heavy (non-hydrogen) atoms. The number of H-pyrrole nitrogens is 1. The summed E-state index contributed by atoms with van der Waals surface area (Å²) in [5.74, 6) is 0.141. The number of nitrogens with two attached hydrogens (primary N) is 1. The van der Waals surface area contributed by atoms with Gasteiger partial charge in [0.25, 0.3) is 6.08 Å². The summed E-state index contributed by atoms with van der Waals surface area (Å²) in [6.45, 7) is -0.235. The first-order valence-electron chi connectivity index (χ1n) is 9.59. The van der Waals surface area contributed by atoms with Gasteiger partial charge in [-0.1, -0.05) is 18.2 Å². The molecule has 0 saturated carbocycles. The zero-order chi connectivity index (χ0) is 23.8. The molecule has 6 nitrogen and oxygen atoms in total. The van der Waals surface area contributed by atoms with Gasteiger partial charge in [0.15, 0.2) is 0 Å². The van der Waals surface area contributed by atoms with Crippen LogP contribution in [0.4, 0.5) is 22.0 Å². The smallest absolute Gasteiger partial charge is 0.327 e. The van der Waals surface area contributed by atoms with Crippen molar-refractivity contribution >= 4 is 21.4 Å². The summed E-state index contributed by atoms with van der Waals surface area (Å²) < 4.78 is 66.3. The Bertz CT molecular complexity index is 1380. The molecule has 0 atom stereocenters. The summed E-state index contributed by atoms with van der Waals surface area (Å²) in [4.78, 5) is 16.4. The first-order valence-corrected chi connectivity index (χ1v) is 10.4. The Hall–Kier alpha value is -3.38. The molecule has 3 heterocycles. The van der Waals surface area contributed by atoms with Crippen molar-refractivity contribution in [1.82, 2.24) is 19.7 Å². The second-order valence-corrected chi connectivity index (χ2v) is 8.34. The first-order chi connectivity index (χ1) is 15.7. The number of halogens is 5. The van der Waals surface area contributed by atoms with Crippen LogP contribution < -0.4 is 11.4 Å². The van der Waals surface area contributed by atoms with Gasteiger partial charge in [0.1, 0.15) is 11.5 Å². The number of nitrogens with zero attached hydrogens (tertiary/aromatic N) is 3. The van der Waals surface area contributed by atoms with Gasteiger partial charge in [-0.05, 0) is 29.1 Å². The van der Waals surface area contributed by atoms with Crippen molar-refractivity contribution in [3.8, 4) is 11.1 Å². The summed E-state index contributed by atoms with van der Waals surface area (Å²) in [7, 11) is 0. The number of hydrogen-bond acceptors (Lipinski definition) is 5. The van der Waals surface area contributed by atoms with Gasteiger partial charge in [0, 0.05) is 39.9 Å². The minimum atomic E-state index is -4.51. The standard InChI is InChI=1S/C21H16F5N5OS/c22-19(23)14(8-27)7-18-29-30-20(32)31(18)10-15-5-12-2-1-11(6-16(12)33-15)13-3-4-17(28-9-13)21(24,25)26/h1-6,9H,7-8,10,27H2,(H,30,32). The van der Waals surface area contributed by atoms with E-state index in [1.54, 1.807) is 6.07 Å². The molecule has 0 aliphatic rings. The van der Waals surface area contributed by atoms with Gasteiger partial charge in [0.2, 0.25) is 0 Å². The molecule has 3 aromatic heterocycles. The molecule has 0 fully saturated rings. The maximum atomic E-state index is 13.0. The molecule has 0 amide bonds. The van der Waals surface area contributed by atoms with Crippen molar-refractivity contribution in [1.29, 1.82) is 0 Å². The molecule has 0 aliphatic heterocycles. The fourth-order valence-electron chi connectivity index (χ4n) is 3.29. The third-order valence-corrected chi connectivity index (χ3v) is 6.08. The summed E-state index contributed by atoms with van der Waals surface area (Å²) in [6, 6.07) is 9.54. The number of hydrogen-bond donors (Lipinski definition) is 2. The van der Waals surface area contributed by atoms with E-state index in [0.717, 1.165) is 21.0 Å². The first kappa shape index (κ1) is 22.8. The molecule has 0 bridgehead atoms. The van der Waals surface area contributed by atoms with Crippen molar-refractivity contribution in [3.05, 3.63) is 81.1 Å². The van der Waals surface area contributed by atoms with Crippen molar-refractivity contribution in [2.75, 3.05) is 6.54 Å². The highest BCUT2D eigenvalue weighted by molar-refractivity contribution is 7.19. The van der Waals surface area contributed by atoms with E-state index in [9.17, 15) is 26.7 Å². The largest absolute Gasteiger partial charge is 0.433 e. The molecule has 0 aliphatic carbocycles. The Morgan fingerprint density at radius 2 is 1.88 bits per heavy atom. The number of fused-ring (bicyclic) bond motifs is 1. The Kier molecular flexibility index (Phi) is 6.13. The number of aromatic nitrogens is 4. The van der Waals surface area contributed by atoms with Gasteiger partial charge in [-0.3, -0.25) is 9.55 Å². The SMILES string of the molecule is NCC(Cc1n[nH]c(=O)n1Cc1cc2ccc(-c3ccc(C(F)(F)F)nc3)cc2s1)=C(F)F. The summed E-state index contributed by atoms with van der Waals surface area (Å²) in [6.07, 6.45) is -5.49. The maximum Gasteiger partial charge on any atom is 0.433 e. The molecule has 0 unspecified atom stereocenters. The highest BCUT2D eigenvalue weighted by atomic mass is 32.1. The molecule has 12 heteroatoms. The van der Waals surface area contributed by atoms with Crippen LogP contribution in [0.2, 0.25) is 0 Å². The predicted molar refractivity (Wildman–Crippen MR) is 114 cm³/mol. The molecule has 4 aromatic rings. The lowest BCUT2D eigenvalue weighted by atomic mass is 10.1. The Balaban J connectivity index is 1.61. The van der Waals surface area contributed by atoms with E-state index in [2.05, 4.69) is 15.2 Å². The van der Waals surface area contributed by atoms with Crippen molar-refractivity contribution in [2.24, 2.45) is 5.73 Å². The number of benzene rings is 1. The van der Waals surface area contributed by atoms with Crippen LogP contribution in [0, 0.1) is 0 Å². The lowest BCUT2D eigenvalue weighted by Crippen LogP contribution is -2.20. The fourth-order valence-corrected chi connectivity index (χ4v) is 4.38. The third-order valence-electron chi connectivity index (χ3n) is 4.99.